The van der Waals surface area contributed by atoms with E-state index in [9.17, 15) is 0 Å². The van der Waals surface area contributed by atoms with Gasteiger partial charge in [0.15, 0.2) is 0 Å². The molecule has 11 rings (SSSR count). The van der Waals surface area contributed by atoms with Crippen molar-refractivity contribution in [3.63, 3.8) is 0 Å². The highest BCUT2D eigenvalue weighted by atomic mass is 15.0. The predicted octanol–water partition coefficient (Wildman–Crippen LogP) is 10.9. The molecule has 3 aliphatic rings. The molecule has 3 heteroatoms. The van der Waals surface area contributed by atoms with Crippen LogP contribution in [0.1, 0.15) is 83.5 Å². The molecule has 0 atom stereocenters. The van der Waals surface area contributed by atoms with Crippen LogP contribution < -0.4 is 0 Å². The Morgan fingerprint density at radius 3 is 0.882 bits per heavy atom. The average Bonchev–Trinajstić information content (AvgIpc) is 3.79. The molecule has 3 nitrogen and oxygen atoms in total. The van der Waals surface area contributed by atoms with Crippen LogP contribution in [0.25, 0.3) is 32.7 Å². The summed E-state index contributed by atoms with van der Waals surface area (Å²) in [5.74, 6) is 0. The Balaban J connectivity index is 1.39. The molecule has 0 amide bonds. The Morgan fingerprint density at radius 2 is 0.588 bits per heavy atom. The van der Waals surface area contributed by atoms with Crippen molar-refractivity contribution >= 4 is 32.7 Å². The monoisotopic (exact) mass is 663 g/mol. The summed E-state index contributed by atoms with van der Waals surface area (Å²) in [4.78, 5) is 0. The van der Waals surface area contributed by atoms with E-state index in [2.05, 4.69) is 147 Å². The molecule has 0 spiro atoms. The highest BCUT2D eigenvalue weighted by molar-refractivity contribution is 5.87. The van der Waals surface area contributed by atoms with Gasteiger partial charge in [-0.15, -0.1) is 0 Å². The van der Waals surface area contributed by atoms with Crippen LogP contribution in [0.15, 0.2) is 91.4 Å². The van der Waals surface area contributed by atoms with E-state index in [0.717, 1.165) is 38.9 Å². The lowest BCUT2D eigenvalue weighted by Gasteiger charge is -2.25. The summed E-state index contributed by atoms with van der Waals surface area (Å²) >= 11 is 0. The van der Waals surface area contributed by atoms with Gasteiger partial charge in [0.1, 0.15) is 0 Å². The smallest absolute Gasteiger partial charge is 0.0486 e. The van der Waals surface area contributed by atoms with Crippen LogP contribution in [0, 0.1) is 41.5 Å². The van der Waals surface area contributed by atoms with Gasteiger partial charge < -0.3 is 13.7 Å². The van der Waals surface area contributed by atoms with Gasteiger partial charge in [-0.25, -0.2) is 0 Å². The van der Waals surface area contributed by atoms with Gasteiger partial charge in [0.05, 0.1) is 0 Å². The number of para-hydroxylation sites is 3. The van der Waals surface area contributed by atoms with Crippen molar-refractivity contribution in [2.75, 3.05) is 0 Å². The molecule has 5 aromatic carbocycles. The minimum absolute atomic E-state index is 0.857. The number of rotatable bonds is 0. The first kappa shape index (κ1) is 30.5. The number of fused-ring (bicyclic) bond motifs is 3. The van der Waals surface area contributed by atoms with Crippen LogP contribution in [0.4, 0.5) is 0 Å². The van der Waals surface area contributed by atoms with E-state index in [1.807, 2.05) is 0 Å². The van der Waals surface area contributed by atoms with Crippen molar-refractivity contribution in [1.82, 2.24) is 13.7 Å². The van der Waals surface area contributed by atoms with E-state index in [0.29, 0.717) is 0 Å². The normalized spacial score (nSPS) is 14.0. The van der Waals surface area contributed by atoms with Crippen molar-refractivity contribution < 1.29 is 0 Å². The van der Waals surface area contributed by atoms with Gasteiger partial charge in [0.25, 0.3) is 0 Å². The molecule has 3 aliphatic heterocycles. The summed E-state index contributed by atoms with van der Waals surface area (Å²) in [5, 5.41) is 4.13. The van der Waals surface area contributed by atoms with E-state index in [-0.39, 0.29) is 0 Å². The molecule has 8 aromatic rings. The fraction of sp³-hybridized carbons (Fsp3) is 0.250. The molecule has 252 valence electrons. The van der Waals surface area contributed by atoms with E-state index < -0.39 is 0 Å². The second kappa shape index (κ2) is 11.1. The molecule has 0 radical (unpaired) electrons. The Bertz CT molecular complexity index is 2230. The predicted molar refractivity (Wildman–Crippen MR) is 213 cm³/mol. The molecular weight excluding hydrogens is 619 g/mol. The SMILES string of the molecule is Cc1c2c(C)c3c(C)c1Cc1cn(c4ccccc14)Cc1c(C)c(c(C)c(c1C)Cn1cc(c4ccccc41)C3)Cn1cc(c3ccccc31)C2. The number of hydrogen-bond acceptors (Lipinski definition) is 0. The van der Waals surface area contributed by atoms with Gasteiger partial charge in [-0.3, -0.25) is 0 Å². The van der Waals surface area contributed by atoms with Gasteiger partial charge in [0.2, 0.25) is 0 Å². The third-order valence-corrected chi connectivity index (χ3v) is 13.1. The second-order valence-corrected chi connectivity index (χ2v) is 15.5. The topological polar surface area (TPSA) is 14.8 Å². The number of hydrogen-bond donors (Lipinski definition) is 0. The van der Waals surface area contributed by atoms with Crippen LogP contribution in [0.2, 0.25) is 0 Å². The van der Waals surface area contributed by atoms with E-state index in [4.69, 9.17) is 0 Å². The highest BCUT2D eigenvalue weighted by Gasteiger charge is 2.25. The average molecular weight is 664 g/mol. The third-order valence-electron chi connectivity index (χ3n) is 13.1. The first-order valence-electron chi connectivity index (χ1n) is 18.7. The number of nitrogens with zero attached hydrogens (tertiary/aromatic N) is 3. The van der Waals surface area contributed by atoms with Crippen LogP contribution in [-0.4, -0.2) is 13.7 Å². The van der Waals surface area contributed by atoms with Crippen molar-refractivity contribution in [3.8, 4) is 0 Å². The maximum atomic E-state index is 2.55. The number of benzene rings is 5. The molecule has 0 fully saturated rings. The summed E-state index contributed by atoms with van der Waals surface area (Å²) in [5.41, 5.74) is 25.7. The van der Waals surface area contributed by atoms with Crippen molar-refractivity contribution in [2.24, 2.45) is 0 Å². The zero-order valence-electron chi connectivity index (χ0n) is 30.7. The Morgan fingerprint density at radius 1 is 0.333 bits per heavy atom. The Labute approximate surface area is 300 Å². The van der Waals surface area contributed by atoms with Crippen LogP contribution >= 0.6 is 0 Å². The first-order chi connectivity index (χ1) is 24.8. The maximum absolute atomic E-state index is 2.55. The fourth-order valence-electron chi connectivity index (χ4n) is 10.2. The molecule has 51 heavy (non-hydrogen) atoms. The minimum Gasteiger partial charge on any atom is -0.343 e. The Hall–Kier alpha value is -5.28. The third kappa shape index (κ3) is 4.43. The molecule has 12 bridgehead atoms. The second-order valence-electron chi connectivity index (χ2n) is 15.5. The van der Waals surface area contributed by atoms with Crippen LogP contribution in [0.5, 0.6) is 0 Å². The van der Waals surface area contributed by atoms with Gasteiger partial charge in [-0.2, -0.15) is 0 Å². The maximum Gasteiger partial charge on any atom is 0.0486 e. The largest absolute Gasteiger partial charge is 0.343 e. The van der Waals surface area contributed by atoms with E-state index >= 15 is 0 Å². The van der Waals surface area contributed by atoms with Crippen LogP contribution in [-0.2, 0) is 38.9 Å². The Kier molecular flexibility index (Phi) is 6.65. The molecule has 0 saturated carbocycles. The van der Waals surface area contributed by atoms with Gasteiger partial charge in [0, 0.05) is 90.2 Å². The van der Waals surface area contributed by atoms with Crippen LogP contribution in [0.3, 0.4) is 0 Å². The summed E-state index contributed by atoms with van der Waals surface area (Å²) in [7, 11) is 0. The molecule has 0 N–H and O–H groups in total. The molecule has 0 unspecified atom stereocenters. The minimum atomic E-state index is 0.857. The molecule has 3 aromatic heterocycles. The standard InChI is InChI=1S/C48H45N3/c1-28-40-19-34-22-49(46-16-10-7-13-37(34)46)25-43-31(4)44-26-50-23-35(38-14-8-11-17-47(38)50)20-41(28)30(3)42(29(40)2)21-36-24-51(27-45(32(43)5)33(44)6)48-18-12-9-15-39(36)48/h7-18,22-24H,19-21,25-27H2,1-6H3. The van der Waals surface area contributed by atoms with Crippen molar-refractivity contribution in [2.45, 2.75) is 80.4 Å². The van der Waals surface area contributed by atoms with Gasteiger partial charge in [-0.05, 0) is 143 Å². The van der Waals surface area contributed by atoms with E-state index in [1.54, 1.807) is 0 Å². The summed E-state index contributed by atoms with van der Waals surface area (Å²) in [6.07, 6.45) is 10.2. The zero-order chi connectivity index (χ0) is 34.7. The summed E-state index contributed by atoms with van der Waals surface area (Å²) < 4.78 is 7.65. The summed E-state index contributed by atoms with van der Waals surface area (Å²) in [6.45, 7) is 17.0. The van der Waals surface area contributed by atoms with Gasteiger partial charge in [-0.1, -0.05) is 54.6 Å². The lowest BCUT2D eigenvalue weighted by Crippen LogP contribution is -2.15. The van der Waals surface area contributed by atoms with Crippen molar-refractivity contribution in [1.29, 1.82) is 0 Å². The first-order valence-corrected chi connectivity index (χ1v) is 18.7. The quantitative estimate of drug-likeness (QED) is 0.153. The zero-order valence-corrected chi connectivity index (χ0v) is 30.7. The summed E-state index contributed by atoms with van der Waals surface area (Å²) in [6, 6.07) is 27.3. The van der Waals surface area contributed by atoms with Crippen molar-refractivity contribution in [3.05, 3.63) is 175 Å². The lowest BCUT2D eigenvalue weighted by molar-refractivity contribution is 0.762. The lowest BCUT2D eigenvalue weighted by atomic mass is 9.81. The van der Waals surface area contributed by atoms with Gasteiger partial charge >= 0.3 is 0 Å². The molecule has 6 heterocycles. The molecular formula is C48H45N3. The molecule has 0 saturated heterocycles. The highest BCUT2D eigenvalue weighted by Crippen LogP contribution is 2.39. The van der Waals surface area contributed by atoms with E-state index in [1.165, 1.54) is 116 Å². The number of aromatic nitrogens is 3. The molecule has 0 aliphatic carbocycles. The fourth-order valence-corrected chi connectivity index (χ4v) is 10.2.